The van der Waals surface area contributed by atoms with E-state index in [2.05, 4.69) is 63.5 Å². The minimum absolute atomic E-state index is 0.175. The van der Waals surface area contributed by atoms with Crippen LogP contribution in [-0.4, -0.2) is 25.2 Å². The van der Waals surface area contributed by atoms with Crippen molar-refractivity contribution in [2.75, 3.05) is 13.1 Å². The molecule has 0 bridgehead atoms. The Morgan fingerprint density at radius 2 is 1.56 bits per heavy atom. The van der Waals surface area contributed by atoms with Crippen LogP contribution in [0.15, 0.2) is 23.8 Å². The van der Waals surface area contributed by atoms with Crippen molar-refractivity contribution in [2.24, 2.45) is 5.41 Å². The van der Waals surface area contributed by atoms with Crippen LogP contribution in [0.4, 0.5) is 0 Å². The van der Waals surface area contributed by atoms with Crippen molar-refractivity contribution in [1.82, 2.24) is 10.6 Å². The molecule has 1 aliphatic carbocycles. The molecule has 0 aromatic rings. The fraction of sp³-hybridized carbons (Fsp3) is 0.714. The third-order valence-electron chi connectivity index (χ3n) is 3.20. The molecule has 1 rings (SSSR count). The summed E-state index contributed by atoms with van der Waals surface area (Å²) >= 11 is 0. The minimum Gasteiger partial charge on any atom is -0.313 e. The van der Waals surface area contributed by atoms with Crippen molar-refractivity contribution in [1.29, 1.82) is 0 Å². The van der Waals surface area contributed by atoms with Gasteiger partial charge in [-0.05, 0) is 6.92 Å². The third-order valence-corrected chi connectivity index (χ3v) is 3.20. The second-order valence-electron chi connectivity index (χ2n) is 5.44. The van der Waals surface area contributed by atoms with Gasteiger partial charge in [0.15, 0.2) is 0 Å². The van der Waals surface area contributed by atoms with Crippen molar-refractivity contribution < 1.29 is 0 Å². The third kappa shape index (κ3) is 3.46. The zero-order valence-electron chi connectivity index (χ0n) is 11.3. The predicted octanol–water partition coefficient (Wildman–Crippen LogP) is 2.48. The van der Waals surface area contributed by atoms with Gasteiger partial charge >= 0.3 is 0 Å². The minimum atomic E-state index is 0.175. The molecule has 0 amide bonds. The fourth-order valence-corrected chi connectivity index (χ4v) is 1.91. The first kappa shape index (κ1) is 13.5. The lowest BCUT2D eigenvalue weighted by atomic mass is 9.82. The molecule has 0 radical (unpaired) electrons. The van der Waals surface area contributed by atoms with Crippen molar-refractivity contribution in [3.63, 3.8) is 0 Å². The van der Waals surface area contributed by atoms with E-state index in [0.717, 1.165) is 13.1 Å². The topological polar surface area (TPSA) is 24.1 Å². The van der Waals surface area contributed by atoms with E-state index in [-0.39, 0.29) is 5.41 Å². The normalized spacial score (nSPS) is 18.6. The monoisotopic (exact) mass is 222 g/mol. The molecule has 0 aromatic carbocycles. The molecule has 0 aliphatic heterocycles. The molecule has 2 N–H and O–H groups in total. The van der Waals surface area contributed by atoms with Gasteiger partial charge in [-0.3, -0.25) is 0 Å². The largest absolute Gasteiger partial charge is 0.313 e. The molecular formula is C14H26N2. The van der Waals surface area contributed by atoms with Gasteiger partial charge in [-0.15, -0.1) is 0 Å². The molecule has 0 fully saturated rings. The summed E-state index contributed by atoms with van der Waals surface area (Å²) in [6.45, 7) is 13.0. The van der Waals surface area contributed by atoms with Crippen LogP contribution in [0.2, 0.25) is 0 Å². The zero-order chi connectivity index (χ0) is 12.2. The predicted molar refractivity (Wildman–Crippen MR) is 71.6 cm³/mol. The van der Waals surface area contributed by atoms with Crippen LogP contribution < -0.4 is 10.6 Å². The van der Waals surface area contributed by atoms with Crippen LogP contribution >= 0.6 is 0 Å². The Kier molecular flexibility index (Phi) is 4.75. The van der Waals surface area contributed by atoms with E-state index in [1.165, 1.54) is 5.57 Å². The van der Waals surface area contributed by atoms with Gasteiger partial charge in [0, 0.05) is 30.6 Å². The van der Waals surface area contributed by atoms with E-state index in [0.29, 0.717) is 12.1 Å². The van der Waals surface area contributed by atoms with Crippen LogP contribution in [0.3, 0.4) is 0 Å². The van der Waals surface area contributed by atoms with Crippen molar-refractivity contribution in [2.45, 2.75) is 46.7 Å². The summed E-state index contributed by atoms with van der Waals surface area (Å²) in [5, 5.41) is 7.10. The Labute approximate surface area is 100 Å². The molecule has 0 heterocycles. The summed E-state index contributed by atoms with van der Waals surface area (Å²) in [5.41, 5.74) is 1.63. The smallest absolute Gasteiger partial charge is 0.0344 e. The Bertz CT molecular complexity index is 262. The molecule has 0 atom stereocenters. The molecule has 1 aliphatic rings. The molecule has 16 heavy (non-hydrogen) atoms. The molecule has 2 nitrogen and oxygen atoms in total. The van der Waals surface area contributed by atoms with Crippen molar-refractivity contribution >= 4 is 0 Å². The van der Waals surface area contributed by atoms with Gasteiger partial charge in [-0.25, -0.2) is 0 Å². The second kappa shape index (κ2) is 5.65. The first-order chi connectivity index (χ1) is 7.46. The molecule has 0 saturated carbocycles. The van der Waals surface area contributed by atoms with E-state index in [1.807, 2.05) is 0 Å². The second-order valence-corrected chi connectivity index (χ2v) is 5.44. The lowest BCUT2D eigenvalue weighted by Gasteiger charge is -2.32. The maximum atomic E-state index is 3.55. The number of allylic oxidation sites excluding steroid dienone is 2. The lowest BCUT2D eigenvalue weighted by Crippen LogP contribution is -2.44. The average molecular weight is 222 g/mol. The number of nitrogens with one attached hydrogen (secondary N) is 2. The van der Waals surface area contributed by atoms with Crippen LogP contribution in [0, 0.1) is 5.41 Å². The quantitative estimate of drug-likeness (QED) is 0.721. The summed E-state index contributed by atoms with van der Waals surface area (Å²) in [4.78, 5) is 0. The summed E-state index contributed by atoms with van der Waals surface area (Å²) in [5.74, 6) is 0. The van der Waals surface area contributed by atoms with E-state index < -0.39 is 0 Å². The van der Waals surface area contributed by atoms with Crippen LogP contribution in [0.5, 0.6) is 0 Å². The molecule has 0 spiro atoms. The summed E-state index contributed by atoms with van der Waals surface area (Å²) < 4.78 is 0. The molecule has 92 valence electrons. The van der Waals surface area contributed by atoms with Crippen LogP contribution in [0.1, 0.15) is 34.6 Å². The van der Waals surface area contributed by atoms with Gasteiger partial charge in [0.05, 0.1) is 0 Å². The van der Waals surface area contributed by atoms with Gasteiger partial charge in [-0.1, -0.05) is 51.5 Å². The highest BCUT2D eigenvalue weighted by Gasteiger charge is 2.31. The first-order valence-corrected chi connectivity index (χ1v) is 6.29. The molecule has 0 saturated heterocycles. The maximum Gasteiger partial charge on any atom is 0.0344 e. The standard InChI is InChI=1S/C14H26N2/c1-11(2)15-9-14(10-16-12(3)4)8-6-7-13(14)5/h6-8,11-12,15-16H,9-10H2,1-5H3. The highest BCUT2D eigenvalue weighted by Crippen LogP contribution is 2.32. The highest BCUT2D eigenvalue weighted by atomic mass is 15.0. The maximum absolute atomic E-state index is 3.55. The summed E-state index contributed by atoms with van der Waals surface area (Å²) in [6, 6.07) is 1.08. The Morgan fingerprint density at radius 3 is 1.88 bits per heavy atom. The van der Waals surface area contributed by atoms with Gasteiger partial charge in [0.2, 0.25) is 0 Å². The molecular weight excluding hydrogens is 196 g/mol. The lowest BCUT2D eigenvalue weighted by molar-refractivity contribution is 0.367. The fourth-order valence-electron chi connectivity index (χ4n) is 1.91. The van der Waals surface area contributed by atoms with Gasteiger partial charge < -0.3 is 10.6 Å². The van der Waals surface area contributed by atoms with E-state index in [4.69, 9.17) is 0 Å². The average Bonchev–Trinajstić information content (AvgIpc) is 2.55. The highest BCUT2D eigenvalue weighted by molar-refractivity contribution is 5.34. The first-order valence-electron chi connectivity index (χ1n) is 6.29. The molecule has 0 unspecified atom stereocenters. The Balaban J connectivity index is 2.63. The molecule has 0 aromatic heterocycles. The number of hydrogen-bond donors (Lipinski definition) is 2. The molecule has 2 heteroatoms. The van der Waals surface area contributed by atoms with Crippen molar-refractivity contribution in [3.8, 4) is 0 Å². The van der Waals surface area contributed by atoms with E-state index in [9.17, 15) is 0 Å². The van der Waals surface area contributed by atoms with Gasteiger partial charge in [0.1, 0.15) is 0 Å². The number of rotatable bonds is 6. The van der Waals surface area contributed by atoms with E-state index >= 15 is 0 Å². The Hall–Kier alpha value is -0.600. The van der Waals surface area contributed by atoms with Crippen molar-refractivity contribution in [3.05, 3.63) is 23.8 Å². The zero-order valence-corrected chi connectivity index (χ0v) is 11.3. The SMILES string of the molecule is CC1=CC=CC1(CNC(C)C)CNC(C)C. The van der Waals surface area contributed by atoms with Gasteiger partial charge in [-0.2, -0.15) is 0 Å². The summed E-state index contributed by atoms with van der Waals surface area (Å²) in [6.07, 6.45) is 6.73. The van der Waals surface area contributed by atoms with E-state index in [1.54, 1.807) is 0 Å². The van der Waals surface area contributed by atoms with Crippen LogP contribution in [-0.2, 0) is 0 Å². The van der Waals surface area contributed by atoms with Gasteiger partial charge in [0.25, 0.3) is 0 Å². The summed E-state index contributed by atoms with van der Waals surface area (Å²) in [7, 11) is 0. The number of hydrogen-bond acceptors (Lipinski definition) is 2. The van der Waals surface area contributed by atoms with Crippen LogP contribution in [0.25, 0.3) is 0 Å². The Morgan fingerprint density at radius 1 is 1.06 bits per heavy atom.